The summed E-state index contributed by atoms with van der Waals surface area (Å²) in [6.07, 6.45) is 11.4. The first kappa shape index (κ1) is 9.56. The lowest BCUT2D eigenvalue weighted by atomic mass is 9.96. The zero-order valence-corrected chi connectivity index (χ0v) is 7.19. The number of rotatable bonds is 5. The van der Waals surface area contributed by atoms with Crippen LogP contribution in [0.1, 0.15) is 46.0 Å². The van der Waals surface area contributed by atoms with Crippen LogP contribution in [-0.2, 0) is 0 Å². The summed E-state index contributed by atoms with van der Waals surface area (Å²) in [6, 6.07) is 0. The van der Waals surface area contributed by atoms with Gasteiger partial charge >= 0.3 is 0 Å². The predicted molar refractivity (Wildman–Crippen MR) is 46.8 cm³/mol. The molecule has 0 bridgehead atoms. The molecule has 0 amide bonds. The van der Waals surface area contributed by atoms with Crippen LogP contribution < -0.4 is 0 Å². The average molecular weight is 138 g/mol. The van der Waals surface area contributed by atoms with Crippen molar-refractivity contribution in [2.45, 2.75) is 46.0 Å². The van der Waals surface area contributed by atoms with Gasteiger partial charge in [0, 0.05) is 6.42 Å². The first-order chi connectivity index (χ1) is 4.85. The van der Waals surface area contributed by atoms with E-state index in [1.165, 1.54) is 25.7 Å². The maximum Gasteiger partial charge on any atom is 0.0114 e. The van der Waals surface area contributed by atoms with E-state index in [2.05, 4.69) is 19.8 Å². The zero-order valence-electron chi connectivity index (χ0n) is 7.19. The van der Waals surface area contributed by atoms with Crippen molar-refractivity contribution in [2.24, 2.45) is 5.92 Å². The van der Waals surface area contributed by atoms with Gasteiger partial charge in [0.15, 0.2) is 0 Å². The number of unbranched alkanes of at least 4 members (excludes halogenated alkanes) is 1. The van der Waals surface area contributed by atoms with Crippen molar-refractivity contribution in [3.8, 4) is 12.3 Å². The van der Waals surface area contributed by atoms with Crippen LogP contribution in [0.15, 0.2) is 0 Å². The Morgan fingerprint density at radius 3 is 2.50 bits per heavy atom. The molecule has 0 aliphatic rings. The van der Waals surface area contributed by atoms with Crippen molar-refractivity contribution in [3.63, 3.8) is 0 Å². The minimum atomic E-state index is 0.782. The van der Waals surface area contributed by atoms with E-state index in [1.807, 2.05) is 0 Å². The molecule has 0 heterocycles. The highest BCUT2D eigenvalue weighted by atomic mass is 14.1. The minimum Gasteiger partial charge on any atom is -0.120 e. The van der Waals surface area contributed by atoms with Crippen molar-refractivity contribution in [3.05, 3.63) is 0 Å². The quantitative estimate of drug-likeness (QED) is 0.512. The smallest absolute Gasteiger partial charge is 0.0114 e. The van der Waals surface area contributed by atoms with Crippen LogP contribution in [-0.4, -0.2) is 0 Å². The monoisotopic (exact) mass is 138 g/mol. The Balaban J connectivity index is 3.32. The number of terminal acetylenes is 1. The molecule has 0 saturated carbocycles. The third-order valence-electron chi connectivity index (χ3n) is 1.95. The van der Waals surface area contributed by atoms with Crippen LogP contribution in [0, 0.1) is 18.3 Å². The molecule has 0 N–H and O–H groups in total. The fourth-order valence-corrected chi connectivity index (χ4v) is 1.11. The molecule has 10 heavy (non-hydrogen) atoms. The van der Waals surface area contributed by atoms with Gasteiger partial charge in [0.05, 0.1) is 0 Å². The Morgan fingerprint density at radius 2 is 2.10 bits per heavy atom. The van der Waals surface area contributed by atoms with Gasteiger partial charge in [0.2, 0.25) is 0 Å². The Hall–Kier alpha value is -0.440. The highest BCUT2D eigenvalue weighted by Crippen LogP contribution is 2.15. The predicted octanol–water partition coefficient (Wildman–Crippen LogP) is 3.23. The molecule has 0 fully saturated rings. The molecule has 0 saturated heterocycles. The lowest BCUT2D eigenvalue weighted by Crippen LogP contribution is -1.96. The SMILES string of the molecule is C#CCC(CC)CCCC. The van der Waals surface area contributed by atoms with E-state index in [1.54, 1.807) is 0 Å². The third kappa shape index (κ3) is 4.44. The molecule has 1 atom stereocenters. The van der Waals surface area contributed by atoms with Crippen molar-refractivity contribution in [2.75, 3.05) is 0 Å². The van der Waals surface area contributed by atoms with Crippen LogP contribution in [0.3, 0.4) is 0 Å². The standard InChI is InChI=1S/C10H18/c1-4-7-9-10(6-3)8-5-2/h2,10H,4,6-9H2,1,3H3. The van der Waals surface area contributed by atoms with Crippen molar-refractivity contribution in [1.29, 1.82) is 0 Å². The second kappa shape index (κ2) is 6.68. The lowest BCUT2D eigenvalue weighted by Gasteiger charge is -2.09. The van der Waals surface area contributed by atoms with Crippen LogP contribution >= 0.6 is 0 Å². The zero-order chi connectivity index (χ0) is 7.82. The van der Waals surface area contributed by atoms with Gasteiger partial charge in [-0.3, -0.25) is 0 Å². The molecule has 0 radical (unpaired) electrons. The molecule has 0 aromatic rings. The van der Waals surface area contributed by atoms with Gasteiger partial charge in [-0.15, -0.1) is 12.3 Å². The van der Waals surface area contributed by atoms with E-state index in [0.29, 0.717) is 0 Å². The highest BCUT2D eigenvalue weighted by molar-refractivity contribution is 4.86. The van der Waals surface area contributed by atoms with E-state index in [0.717, 1.165) is 12.3 Å². The van der Waals surface area contributed by atoms with Crippen molar-refractivity contribution in [1.82, 2.24) is 0 Å². The maximum atomic E-state index is 5.23. The first-order valence-electron chi connectivity index (χ1n) is 4.28. The normalized spacial score (nSPS) is 12.5. The Kier molecular flexibility index (Phi) is 6.38. The molecule has 0 aliphatic carbocycles. The van der Waals surface area contributed by atoms with Gasteiger partial charge in [-0.25, -0.2) is 0 Å². The summed E-state index contributed by atoms with van der Waals surface area (Å²) < 4.78 is 0. The van der Waals surface area contributed by atoms with Gasteiger partial charge < -0.3 is 0 Å². The largest absolute Gasteiger partial charge is 0.120 e. The van der Waals surface area contributed by atoms with Crippen LogP contribution in [0.5, 0.6) is 0 Å². The molecule has 0 aliphatic heterocycles. The van der Waals surface area contributed by atoms with E-state index in [-0.39, 0.29) is 0 Å². The summed E-state index contributed by atoms with van der Waals surface area (Å²) in [4.78, 5) is 0. The van der Waals surface area contributed by atoms with Gasteiger partial charge in [-0.2, -0.15) is 0 Å². The number of hydrogen-bond donors (Lipinski definition) is 0. The van der Waals surface area contributed by atoms with E-state index < -0.39 is 0 Å². The summed E-state index contributed by atoms with van der Waals surface area (Å²) in [5, 5.41) is 0. The van der Waals surface area contributed by atoms with Crippen LogP contribution in [0.25, 0.3) is 0 Å². The van der Waals surface area contributed by atoms with Gasteiger partial charge in [-0.1, -0.05) is 33.1 Å². The molecule has 0 rings (SSSR count). The summed E-state index contributed by atoms with van der Waals surface area (Å²) in [5.41, 5.74) is 0. The Labute approximate surface area is 65.0 Å². The second-order valence-corrected chi connectivity index (χ2v) is 2.82. The fourth-order valence-electron chi connectivity index (χ4n) is 1.11. The summed E-state index contributed by atoms with van der Waals surface area (Å²) in [6.45, 7) is 4.44. The minimum absolute atomic E-state index is 0.782. The van der Waals surface area contributed by atoms with Gasteiger partial charge in [0.1, 0.15) is 0 Å². The van der Waals surface area contributed by atoms with Crippen LogP contribution in [0.4, 0.5) is 0 Å². The molecular formula is C10H18. The van der Waals surface area contributed by atoms with Crippen molar-refractivity contribution < 1.29 is 0 Å². The molecule has 0 nitrogen and oxygen atoms in total. The average Bonchev–Trinajstić information content (AvgIpc) is 1.98. The van der Waals surface area contributed by atoms with Crippen LogP contribution in [0.2, 0.25) is 0 Å². The lowest BCUT2D eigenvalue weighted by molar-refractivity contribution is 0.462. The molecule has 1 unspecified atom stereocenters. The molecule has 0 spiro atoms. The van der Waals surface area contributed by atoms with Gasteiger partial charge in [-0.05, 0) is 12.3 Å². The number of hydrogen-bond acceptors (Lipinski definition) is 0. The van der Waals surface area contributed by atoms with Crippen molar-refractivity contribution >= 4 is 0 Å². The summed E-state index contributed by atoms with van der Waals surface area (Å²) in [5.74, 6) is 3.51. The molecular weight excluding hydrogens is 120 g/mol. The van der Waals surface area contributed by atoms with E-state index in [4.69, 9.17) is 6.42 Å². The maximum absolute atomic E-state index is 5.23. The highest BCUT2D eigenvalue weighted by Gasteiger charge is 2.01. The van der Waals surface area contributed by atoms with E-state index >= 15 is 0 Å². The molecule has 0 aromatic heterocycles. The third-order valence-corrected chi connectivity index (χ3v) is 1.95. The van der Waals surface area contributed by atoms with E-state index in [9.17, 15) is 0 Å². The van der Waals surface area contributed by atoms with Gasteiger partial charge in [0.25, 0.3) is 0 Å². The summed E-state index contributed by atoms with van der Waals surface area (Å²) >= 11 is 0. The molecule has 58 valence electrons. The second-order valence-electron chi connectivity index (χ2n) is 2.82. The first-order valence-corrected chi connectivity index (χ1v) is 4.28. The fraction of sp³-hybridized carbons (Fsp3) is 0.800. The molecule has 0 heteroatoms. The summed E-state index contributed by atoms with van der Waals surface area (Å²) in [7, 11) is 0. The Morgan fingerprint density at radius 1 is 1.40 bits per heavy atom. The topological polar surface area (TPSA) is 0 Å². The Bertz CT molecular complexity index is 97.1. The molecule has 0 aromatic carbocycles.